The molecule has 0 bridgehead atoms. The van der Waals surface area contributed by atoms with Crippen molar-refractivity contribution in [3.05, 3.63) is 287 Å². The monoisotopic (exact) mass is 872 g/mol. The second-order valence-corrected chi connectivity index (χ2v) is 19.3. The molecule has 0 saturated heterocycles. The predicted octanol–water partition coefficient (Wildman–Crippen LogP) is 17.3. The molecule has 1 heterocycles. The first-order chi connectivity index (χ1) is 34.2. The minimum absolute atomic E-state index is 0.447. The summed E-state index contributed by atoms with van der Waals surface area (Å²) in [7, 11) is 0. The standard InChI is InChI=1S/C68H40O/c1-3-17-47-41(15-1)30-36-60-65(47)55-24-10-14-28-59(55)67(60)56-25-11-9-23-53(56)54-33-29-43(39-62(54)67)45-34-35-46(50-20-6-5-19-49(45)50)44-32-38-64-63(40-44)68(61-37-31-42-16-2-4-18-48(42)66(61)69-64)57-26-12-7-21-51(57)52-22-8-13-27-58(52)68/h1-40H. The maximum Gasteiger partial charge on any atom is 0.140 e. The number of benzene rings is 12. The smallest absolute Gasteiger partial charge is 0.140 e. The number of fused-ring (bicyclic) bond motifs is 24. The van der Waals surface area contributed by atoms with Crippen LogP contribution in [0.25, 0.3) is 88.0 Å². The molecule has 12 aromatic rings. The van der Waals surface area contributed by atoms with E-state index in [4.69, 9.17) is 4.74 Å². The van der Waals surface area contributed by atoms with Gasteiger partial charge in [-0.15, -0.1) is 0 Å². The van der Waals surface area contributed by atoms with Gasteiger partial charge in [-0.3, -0.25) is 0 Å². The normalized spacial score (nSPS) is 15.8. The average Bonchev–Trinajstić information content (AvgIpc) is 4.01. The summed E-state index contributed by atoms with van der Waals surface area (Å²) in [6.45, 7) is 0. The lowest BCUT2D eigenvalue weighted by molar-refractivity contribution is 0.442. The van der Waals surface area contributed by atoms with Crippen LogP contribution in [-0.4, -0.2) is 0 Å². The number of rotatable bonds is 2. The Bertz CT molecular complexity index is 4200. The van der Waals surface area contributed by atoms with Crippen LogP contribution in [0, 0.1) is 0 Å². The molecular formula is C68H40O. The Morgan fingerprint density at radius 1 is 0.246 bits per heavy atom. The second-order valence-electron chi connectivity index (χ2n) is 19.3. The van der Waals surface area contributed by atoms with Gasteiger partial charge in [0.05, 0.1) is 10.8 Å². The van der Waals surface area contributed by atoms with Gasteiger partial charge >= 0.3 is 0 Å². The molecule has 1 atom stereocenters. The van der Waals surface area contributed by atoms with Gasteiger partial charge in [0.1, 0.15) is 11.5 Å². The summed E-state index contributed by atoms with van der Waals surface area (Å²) >= 11 is 0. The van der Waals surface area contributed by atoms with Crippen molar-refractivity contribution in [3.63, 3.8) is 0 Å². The van der Waals surface area contributed by atoms with E-state index in [1.807, 2.05) is 0 Å². The van der Waals surface area contributed by atoms with Crippen LogP contribution in [0.4, 0.5) is 0 Å². The molecule has 4 aliphatic rings. The van der Waals surface area contributed by atoms with Crippen LogP contribution in [0.1, 0.15) is 44.5 Å². The first kappa shape index (κ1) is 37.3. The van der Waals surface area contributed by atoms with Gasteiger partial charge in [-0.1, -0.05) is 224 Å². The fourth-order valence-corrected chi connectivity index (χ4v) is 13.7. The second kappa shape index (κ2) is 13.4. The summed E-state index contributed by atoms with van der Waals surface area (Å²) in [6.07, 6.45) is 0. The Kier molecular flexibility index (Phi) is 7.27. The molecule has 318 valence electrons. The van der Waals surface area contributed by atoms with Crippen molar-refractivity contribution in [2.75, 3.05) is 0 Å². The molecule has 69 heavy (non-hydrogen) atoms. The van der Waals surface area contributed by atoms with E-state index in [0.29, 0.717) is 0 Å². The molecule has 1 unspecified atom stereocenters. The first-order valence-corrected chi connectivity index (χ1v) is 24.2. The van der Waals surface area contributed by atoms with Gasteiger partial charge in [-0.05, 0) is 134 Å². The van der Waals surface area contributed by atoms with E-state index in [2.05, 4.69) is 243 Å². The molecule has 12 aromatic carbocycles. The highest BCUT2D eigenvalue weighted by Gasteiger charge is 2.53. The van der Waals surface area contributed by atoms with Crippen LogP contribution in [0.2, 0.25) is 0 Å². The average molecular weight is 873 g/mol. The lowest BCUT2D eigenvalue weighted by Gasteiger charge is -2.40. The maximum atomic E-state index is 7.13. The third-order valence-corrected chi connectivity index (χ3v) is 16.4. The van der Waals surface area contributed by atoms with Gasteiger partial charge in [0.25, 0.3) is 0 Å². The van der Waals surface area contributed by atoms with Crippen LogP contribution in [-0.2, 0) is 10.8 Å². The number of ether oxygens (including phenoxy) is 1. The van der Waals surface area contributed by atoms with E-state index >= 15 is 0 Å². The molecule has 16 rings (SSSR count). The highest BCUT2D eigenvalue weighted by atomic mass is 16.5. The third-order valence-electron chi connectivity index (χ3n) is 16.4. The Morgan fingerprint density at radius 3 is 1.29 bits per heavy atom. The molecule has 0 amide bonds. The minimum atomic E-state index is -0.576. The van der Waals surface area contributed by atoms with Crippen molar-refractivity contribution in [1.82, 2.24) is 0 Å². The lowest BCUT2D eigenvalue weighted by Crippen LogP contribution is -2.32. The van der Waals surface area contributed by atoms with Crippen LogP contribution >= 0.6 is 0 Å². The molecule has 1 nitrogen and oxygen atoms in total. The van der Waals surface area contributed by atoms with Crippen molar-refractivity contribution < 1.29 is 4.74 Å². The van der Waals surface area contributed by atoms with Gasteiger partial charge in [-0.2, -0.15) is 0 Å². The Labute approximate surface area is 400 Å². The van der Waals surface area contributed by atoms with Gasteiger partial charge < -0.3 is 4.74 Å². The largest absolute Gasteiger partial charge is 0.456 e. The summed E-state index contributed by atoms with van der Waals surface area (Å²) in [5.41, 5.74) is 22.0. The Morgan fingerprint density at radius 2 is 0.667 bits per heavy atom. The van der Waals surface area contributed by atoms with E-state index in [9.17, 15) is 0 Å². The molecule has 3 aliphatic carbocycles. The lowest BCUT2D eigenvalue weighted by atomic mass is 9.65. The summed E-state index contributed by atoms with van der Waals surface area (Å²) in [4.78, 5) is 0. The van der Waals surface area contributed by atoms with Crippen LogP contribution in [0.5, 0.6) is 11.5 Å². The van der Waals surface area contributed by atoms with Gasteiger partial charge in [-0.25, -0.2) is 0 Å². The third kappa shape index (κ3) is 4.60. The number of hydrogen-bond acceptors (Lipinski definition) is 1. The molecule has 0 radical (unpaired) electrons. The fourth-order valence-electron chi connectivity index (χ4n) is 13.7. The zero-order chi connectivity index (χ0) is 45.0. The number of hydrogen-bond donors (Lipinski definition) is 0. The summed E-state index contributed by atoms with van der Waals surface area (Å²) in [6, 6.07) is 91.0. The Balaban J connectivity index is 0.905. The molecule has 1 heteroatoms. The van der Waals surface area contributed by atoms with Crippen molar-refractivity contribution in [2.45, 2.75) is 10.8 Å². The molecule has 2 spiro atoms. The van der Waals surface area contributed by atoms with E-state index in [1.54, 1.807) is 0 Å². The summed E-state index contributed by atoms with van der Waals surface area (Å²) < 4.78 is 7.13. The SMILES string of the molecule is c1ccc2c(c1)-c1ccccc1C21c2cc(-c3ccc(-c4ccc5c(c4)C4(c6ccccc6-5)c5ccccc5-c5c4ccc4ccccc54)c4ccccc34)ccc2Oc2c1ccc1ccccc21. The van der Waals surface area contributed by atoms with E-state index in [0.717, 1.165) is 16.9 Å². The van der Waals surface area contributed by atoms with Gasteiger partial charge in [0, 0.05) is 16.5 Å². The molecule has 0 fully saturated rings. The van der Waals surface area contributed by atoms with E-state index < -0.39 is 10.8 Å². The van der Waals surface area contributed by atoms with Crippen LogP contribution < -0.4 is 4.74 Å². The molecule has 0 aromatic heterocycles. The Hall–Kier alpha value is -8.78. The van der Waals surface area contributed by atoms with Crippen molar-refractivity contribution in [3.8, 4) is 67.1 Å². The van der Waals surface area contributed by atoms with Crippen molar-refractivity contribution in [2.24, 2.45) is 0 Å². The first-order valence-electron chi connectivity index (χ1n) is 24.2. The minimum Gasteiger partial charge on any atom is -0.456 e. The zero-order valence-electron chi connectivity index (χ0n) is 37.5. The van der Waals surface area contributed by atoms with E-state index in [1.165, 1.54) is 127 Å². The predicted molar refractivity (Wildman–Crippen MR) is 284 cm³/mol. The van der Waals surface area contributed by atoms with E-state index in [-0.39, 0.29) is 0 Å². The highest BCUT2D eigenvalue weighted by molar-refractivity contribution is 6.09. The van der Waals surface area contributed by atoms with Gasteiger partial charge in [0.15, 0.2) is 0 Å². The molecule has 0 N–H and O–H groups in total. The molecule has 0 saturated carbocycles. The zero-order valence-corrected chi connectivity index (χ0v) is 37.5. The summed E-state index contributed by atoms with van der Waals surface area (Å²) in [5.74, 6) is 1.83. The molecular weight excluding hydrogens is 833 g/mol. The van der Waals surface area contributed by atoms with Crippen molar-refractivity contribution in [1.29, 1.82) is 0 Å². The molecule has 1 aliphatic heterocycles. The quantitative estimate of drug-likeness (QED) is 0.168. The van der Waals surface area contributed by atoms with Crippen LogP contribution in [0.3, 0.4) is 0 Å². The van der Waals surface area contributed by atoms with Gasteiger partial charge in [0.2, 0.25) is 0 Å². The summed E-state index contributed by atoms with van der Waals surface area (Å²) in [5, 5.41) is 7.33. The topological polar surface area (TPSA) is 9.23 Å². The highest BCUT2D eigenvalue weighted by Crippen LogP contribution is 2.66. The van der Waals surface area contributed by atoms with Crippen molar-refractivity contribution >= 4 is 32.3 Å². The maximum absolute atomic E-state index is 7.13. The fraction of sp³-hybridized carbons (Fsp3) is 0.0294. The van der Waals surface area contributed by atoms with Crippen LogP contribution in [0.15, 0.2) is 243 Å².